The van der Waals surface area contributed by atoms with Gasteiger partial charge in [0.2, 0.25) is 5.91 Å². The van der Waals surface area contributed by atoms with Crippen LogP contribution in [0.3, 0.4) is 0 Å². The molecular formula is C20H25FN4O2. The van der Waals surface area contributed by atoms with E-state index in [0.29, 0.717) is 25.3 Å². The Morgan fingerprint density at radius 2 is 1.96 bits per heavy atom. The largest absolute Gasteiger partial charge is 0.335 e. The van der Waals surface area contributed by atoms with E-state index < -0.39 is 0 Å². The van der Waals surface area contributed by atoms with E-state index in [-0.39, 0.29) is 36.0 Å². The molecule has 6 nitrogen and oxygen atoms in total. The molecule has 1 atom stereocenters. The number of carbonyl (C=O) groups excluding carboxylic acids is 2. The Morgan fingerprint density at radius 3 is 2.56 bits per heavy atom. The van der Waals surface area contributed by atoms with E-state index in [1.807, 2.05) is 18.7 Å². The van der Waals surface area contributed by atoms with Crippen LogP contribution in [-0.2, 0) is 18.4 Å². The Balaban J connectivity index is 1.81. The number of aromatic nitrogens is 2. The van der Waals surface area contributed by atoms with Crippen LogP contribution in [0.5, 0.6) is 0 Å². The van der Waals surface area contributed by atoms with Crippen LogP contribution in [0, 0.1) is 11.7 Å². The third-order valence-corrected chi connectivity index (χ3v) is 4.98. The van der Waals surface area contributed by atoms with Gasteiger partial charge in [0.05, 0.1) is 6.04 Å². The van der Waals surface area contributed by atoms with Crippen LogP contribution in [0.15, 0.2) is 36.5 Å². The van der Waals surface area contributed by atoms with Crippen molar-refractivity contribution in [2.45, 2.75) is 32.9 Å². The van der Waals surface area contributed by atoms with Crippen molar-refractivity contribution in [3.63, 3.8) is 0 Å². The number of rotatable bonds is 4. The minimum Gasteiger partial charge on any atom is -0.335 e. The van der Waals surface area contributed by atoms with Crippen molar-refractivity contribution >= 4 is 11.8 Å². The summed E-state index contributed by atoms with van der Waals surface area (Å²) < 4.78 is 14.8. The van der Waals surface area contributed by atoms with Gasteiger partial charge >= 0.3 is 0 Å². The standard InChI is InChI=1S/C20H25FN4O2/c1-14(2)18-13-24(20(27)17-8-10-23(3)22-17)11-9-19(26)25(18)12-15-4-6-16(21)7-5-15/h4-8,10,14,18H,9,11-13H2,1-3H3. The molecule has 1 aliphatic heterocycles. The highest BCUT2D eigenvalue weighted by Gasteiger charge is 2.34. The Kier molecular flexibility index (Phi) is 5.58. The molecule has 0 saturated carbocycles. The van der Waals surface area contributed by atoms with Crippen LogP contribution < -0.4 is 0 Å². The van der Waals surface area contributed by atoms with Gasteiger partial charge in [-0.05, 0) is 29.7 Å². The number of aryl methyl sites for hydroxylation is 1. The predicted octanol–water partition coefficient (Wildman–Crippen LogP) is 2.46. The molecule has 7 heteroatoms. The van der Waals surface area contributed by atoms with Crippen LogP contribution in [0.1, 0.15) is 36.3 Å². The molecule has 0 aliphatic carbocycles. The summed E-state index contributed by atoms with van der Waals surface area (Å²) in [5.74, 6) is -0.271. The van der Waals surface area contributed by atoms with Crippen molar-refractivity contribution < 1.29 is 14.0 Å². The summed E-state index contributed by atoms with van der Waals surface area (Å²) in [6.07, 6.45) is 2.00. The molecule has 1 fully saturated rings. The van der Waals surface area contributed by atoms with Gasteiger partial charge in [0.25, 0.3) is 5.91 Å². The predicted molar refractivity (Wildman–Crippen MR) is 99.3 cm³/mol. The third kappa shape index (κ3) is 4.35. The molecule has 0 bridgehead atoms. The van der Waals surface area contributed by atoms with Gasteiger partial charge < -0.3 is 9.80 Å². The van der Waals surface area contributed by atoms with Crippen molar-refractivity contribution in [1.29, 1.82) is 0 Å². The molecule has 27 heavy (non-hydrogen) atoms. The molecule has 3 rings (SSSR count). The highest BCUT2D eigenvalue weighted by molar-refractivity contribution is 5.92. The fraction of sp³-hybridized carbons (Fsp3) is 0.450. The highest BCUT2D eigenvalue weighted by atomic mass is 19.1. The number of nitrogens with zero attached hydrogens (tertiary/aromatic N) is 4. The molecule has 144 valence electrons. The second-order valence-corrected chi connectivity index (χ2v) is 7.34. The lowest BCUT2D eigenvalue weighted by atomic mass is 10.0. The number of carbonyl (C=O) groups is 2. The summed E-state index contributed by atoms with van der Waals surface area (Å²) in [5.41, 5.74) is 1.26. The lowest BCUT2D eigenvalue weighted by Gasteiger charge is -2.34. The molecule has 1 aliphatic rings. The zero-order chi connectivity index (χ0) is 19.6. The van der Waals surface area contributed by atoms with E-state index in [0.717, 1.165) is 5.56 Å². The number of benzene rings is 1. The average Bonchev–Trinajstić information content (AvgIpc) is 3.00. The van der Waals surface area contributed by atoms with Gasteiger partial charge in [-0.1, -0.05) is 26.0 Å². The lowest BCUT2D eigenvalue weighted by molar-refractivity contribution is -0.134. The second kappa shape index (κ2) is 7.90. The normalized spacial score (nSPS) is 18.1. The zero-order valence-electron chi connectivity index (χ0n) is 15.9. The Hall–Kier alpha value is -2.70. The molecule has 0 radical (unpaired) electrons. The van der Waals surface area contributed by atoms with Crippen molar-refractivity contribution in [1.82, 2.24) is 19.6 Å². The minimum absolute atomic E-state index is 0.00865. The highest BCUT2D eigenvalue weighted by Crippen LogP contribution is 2.22. The van der Waals surface area contributed by atoms with Crippen molar-refractivity contribution in [3.8, 4) is 0 Å². The fourth-order valence-corrected chi connectivity index (χ4v) is 3.41. The second-order valence-electron chi connectivity index (χ2n) is 7.34. The molecular weight excluding hydrogens is 347 g/mol. The molecule has 0 N–H and O–H groups in total. The number of hydrogen-bond acceptors (Lipinski definition) is 3. The van der Waals surface area contributed by atoms with Gasteiger partial charge in [-0.3, -0.25) is 14.3 Å². The van der Waals surface area contributed by atoms with Crippen LogP contribution in [0.25, 0.3) is 0 Å². The van der Waals surface area contributed by atoms with Crippen LogP contribution in [0.4, 0.5) is 4.39 Å². The van der Waals surface area contributed by atoms with E-state index >= 15 is 0 Å². The molecule has 1 unspecified atom stereocenters. The molecule has 0 spiro atoms. The first kappa shape index (κ1) is 19.1. The summed E-state index contributed by atoms with van der Waals surface area (Å²) in [6, 6.07) is 7.77. The summed E-state index contributed by atoms with van der Waals surface area (Å²) >= 11 is 0. The Bertz CT molecular complexity index is 816. The van der Waals surface area contributed by atoms with E-state index in [9.17, 15) is 14.0 Å². The van der Waals surface area contributed by atoms with E-state index in [1.54, 1.807) is 41.0 Å². The minimum atomic E-state index is -0.298. The van der Waals surface area contributed by atoms with Gasteiger partial charge in [0, 0.05) is 39.3 Å². The SMILES string of the molecule is CC(C)C1CN(C(=O)c2ccn(C)n2)CCC(=O)N1Cc1ccc(F)cc1. The van der Waals surface area contributed by atoms with E-state index in [1.165, 1.54) is 12.1 Å². The van der Waals surface area contributed by atoms with Crippen molar-refractivity contribution in [2.24, 2.45) is 13.0 Å². The zero-order valence-corrected chi connectivity index (χ0v) is 15.9. The first-order chi connectivity index (χ1) is 12.8. The van der Waals surface area contributed by atoms with Gasteiger partial charge in [-0.25, -0.2) is 4.39 Å². The third-order valence-electron chi connectivity index (χ3n) is 4.98. The monoisotopic (exact) mass is 372 g/mol. The molecule has 2 aromatic rings. The van der Waals surface area contributed by atoms with Gasteiger partial charge in [-0.2, -0.15) is 5.10 Å². The summed E-state index contributed by atoms with van der Waals surface area (Å²) in [4.78, 5) is 29.2. The lowest BCUT2D eigenvalue weighted by Crippen LogP contribution is -2.47. The maximum atomic E-state index is 13.2. The number of hydrogen-bond donors (Lipinski definition) is 0. The number of amides is 2. The van der Waals surface area contributed by atoms with Crippen molar-refractivity contribution in [3.05, 3.63) is 53.6 Å². The van der Waals surface area contributed by atoms with Gasteiger partial charge in [0.1, 0.15) is 11.5 Å². The fourth-order valence-electron chi connectivity index (χ4n) is 3.41. The first-order valence-electron chi connectivity index (χ1n) is 9.18. The van der Waals surface area contributed by atoms with E-state index in [2.05, 4.69) is 5.10 Å². The van der Waals surface area contributed by atoms with Crippen LogP contribution in [0.2, 0.25) is 0 Å². The molecule has 2 heterocycles. The summed E-state index contributed by atoms with van der Waals surface area (Å²) in [7, 11) is 1.77. The van der Waals surface area contributed by atoms with E-state index in [4.69, 9.17) is 0 Å². The summed E-state index contributed by atoms with van der Waals surface area (Å²) in [5, 5.41) is 4.19. The van der Waals surface area contributed by atoms with Crippen molar-refractivity contribution in [2.75, 3.05) is 13.1 Å². The van der Waals surface area contributed by atoms with Gasteiger partial charge in [-0.15, -0.1) is 0 Å². The smallest absolute Gasteiger partial charge is 0.274 e. The molecule has 2 amide bonds. The van der Waals surface area contributed by atoms with Crippen LogP contribution in [-0.4, -0.2) is 50.5 Å². The topological polar surface area (TPSA) is 58.4 Å². The number of halogens is 1. The molecule has 1 aromatic carbocycles. The van der Waals surface area contributed by atoms with Gasteiger partial charge in [0.15, 0.2) is 0 Å². The average molecular weight is 372 g/mol. The maximum absolute atomic E-state index is 13.2. The molecule has 1 saturated heterocycles. The first-order valence-corrected chi connectivity index (χ1v) is 9.18. The maximum Gasteiger partial charge on any atom is 0.274 e. The van der Waals surface area contributed by atoms with Crippen LogP contribution >= 0.6 is 0 Å². The summed E-state index contributed by atoms with van der Waals surface area (Å²) in [6.45, 7) is 5.33. The molecule has 1 aromatic heterocycles. The quantitative estimate of drug-likeness (QED) is 0.828. The Labute approximate surface area is 158 Å². The Morgan fingerprint density at radius 1 is 1.26 bits per heavy atom.